The average Bonchev–Trinajstić information content (AvgIpc) is 2.64. The minimum absolute atomic E-state index is 0.0431. The van der Waals surface area contributed by atoms with E-state index < -0.39 is 14.3 Å². The van der Waals surface area contributed by atoms with Crippen LogP contribution in [0.15, 0.2) is 21.3 Å². The van der Waals surface area contributed by atoms with E-state index in [9.17, 15) is 13.2 Å². The number of carbonyl (C=O) groups is 1. The van der Waals surface area contributed by atoms with E-state index in [2.05, 4.69) is 36.8 Å². The molecular weight excluding hydrogens is 411 g/mol. The summed E-state index contributed by atoms with van der Waals surface area (Å²) in [5.41, 5.74) is 0.525. The van der Waals surface area contributed by atoms with Gasteiger partial charge in [0.1, 0.15) is 9.85 Å². The molecule has 98 valence electrons. The Bertz CT molecular complexity index is 608. The van der Waals surface area contributed by atoms with Crippen molar-refractivity contribution in [2.24, 2.45) is 0 Å². The predicted molar refractivity (Wildman–Crippen MR) is 75.2 cm³/mol. The van der Waals surface area contributed by atoms with Gasteiger partial charge in [-0.3, -0.25) is 4.79 Å². The van der Waals surface area contributed by atoms with Crippen LogP contribution in [-0.4, -0.2) is 31.1 Å². The molecule has 2 heterocycles. The molecule has 1 unspecified atom stereocenters. The van der Waals surface area contributed by atoms with Gasteiger partial charge in [0.25, 0.3) is 0 Å². The maximum atomic E-state index is 11.8. The minimum Gasteiger partial charge on any atom is -0.308 e. The van der Waals surface area contributed by atoms with Crippen molar-refractivity contribution in [3.63, 3.8) is 0 Å². The number of hydrogen-bond acceptors (Lipinski definition) is 4. The van der Waals surface area contributed by atoms with E-state index in [0.717, 1.165) is 0 Å². The molecular formula is C9H7Br2ClN2O3S. The van der Waals surface area contributed by atoms with Gasteiger partial charge in [0, 0.05) is 34.3 Å². The van der Waals surface area contributed by atoms with Crippen LogP contribution in [-0.2, 0) is 13.8 Å². The van der Waals surface area contributed by atoms with Gasteiger partial charge < -0.3 is 4.90 Å². The summed E-state index contributed by atoms with van der Waals surface area (Å²) in [6.07, 6.45) is 1.47. The molecule has 1 aromatic heterocycles. The molecule has 1 saturated heterocycles. The molecule has 1 atom stereocenters. The average molecular weight is 418 g/mol. The second-order valence-electron chi connectivity index (χ2n) is 3.77. The van der Waals surface area contributed by atoms with Gasteiger partial charge in [-0.2, -0.15) is 0 Å². The first-order valence-corrected chi connectivity index (χ1v) is 8.80. The van der Waals surface area contributed by atoms with Gasteiger partial charge in [-0.1, -0.05) is 0 Å². The van der Waals surface area contributed by atoms with Crippen LogP contribution in [0, 0.1) is 0 Å². The third kappa shape index (κ3) is 2.87. The molecule has 0 spiro atoms. The number of aromatic nitrogens is 1. The number of amides is 1. The second kappa shape index (κ2) is 5.07. The summed E-state index contributed by atoms with van der Waals surface area (Å²) in [5.74, 6) is -0.287. The number of anilines is 1. The number of halogens is 3. The highest BCUT2D eigenvalue weighted by Gasteiger charge is 2.38. The molecule has 18 heavy (non-hydrogen) atoms. The standard InChI is InChI=1S/C9H7Br2ClN2O3S/c10-5-1-7(9(11)13-3-5)14-4-6(2-8(14)15)18(12,16)17/h1,3,6H,2,4H2. The molecule has 1 fully saturated rings. The summed E-state index contributed by atoms with van der Waals surface area (Å²) >= 11 is 6.48. The summed E-state index contributed by atoms with van der Waals surface area (Å²) in [7, 11) is 1.55. The highest BCUT2D eigenvalue weighted by Crippen LogP contribution is 2.32. The van der Waals surface area contributed by atoms with Crippen LogP contribution < -0.4 is 4.90 Å². The molecule has 2 rings (SSSR count). The quantitative estimate of drug-likeness (QED) is 0.546. The van der Waals surface area contributed by atoms with E-state index in [1.807, 2.05) is 0 Å². The number of hydrogen-bond donors (Lipinski definition) is 0. The molecule has 9 heteroatoms. The van der Waals surface area contributed by atoms with E-state index in [4.69, 9.17) is 10.7 Å². The minimum atomic E-state index is -3.74. The zero-order valence-electron chi connectivity index (χ0n) is 8.81. The summed E-state index contributed by atoms with van der Waals surface area (Å²) in [4.78, 5) is 17.2. The Labute approximate surface area is 125 Å². The fourth-order valence-corrected chi connectivity index (χ4v) is 3.47. The monoisotopic (exact) mass is 416 g/mol. The summed E-state index contributed by atoms with van der Waals surface area (Å²) < 4.78 is 23.7. The largest absolute Gasteiger partial charge is 0.308 e. The zero-order valence-corrected chi connectivity index (χ0v) is 13.6. The lowest BCUT2D eigenvalue weighted by atomic mass is 10.4. The van der Waals surface area contributed by atoms with E-state index in [0.29, 0.717) is 14.8 Å². The lowest BCUT2D eigenvalue weighted by Crippen LogP contribution is -2.27. The van der Waals surface area contributed by atoms with Crippen LogP contribution >= 0.6 is 42.5 Å². The molecule has 1 aromatic rings. The maximum Gasteiger partial charge on any atom is 0.237 e. The predicted octanol–water partition coefficient (Wildman–Crippen LogP) is 2.28. The van der Waals surface area contributed by atoms with Gasteiger partial charge in [-0.15, -0.1) is 0 Å². The van der Waals surface area contributed by atoms with Crippen LogP contribution in [0.1, 0.15) is 6.42 Å². The van der Waals surface area contributed by atoms with Gasteiger partial charge in [0.15, 0.2) is 0 Å². The molecule has 1 aliphatic rings. The number of rotatable bonds is 2. The van der Waals surface area contributed by atoms with Crippen molar-refractivity contribution in [1.29, 1.82) is 0 Å². The molecule has 0 N–H and O–H groups in total. The lowest BCUT2D eigenvalue weighted by molar-refractivity contribution is -0.117. The van der Waals surface area contributed by atoms with E-state index in [-0.39, 0.29) is 18.9 Å². The van der Waals surface area contributed by atoms with Gasteiger partial charge in [0.05, 0.1) is 5.69 Å². The highest BCUT2D eigenvalue weighted by molar-refractivity contribution is 9.11. The van der Waals surface area contributed by atoms with Crippen molar-refractivity contribution >= 4 is 63.2 Å². The topological polar surface area (TPSA) is 67.3 Å². The van der Waals surface area contributed by atoms with Crippen molar-refractivity contribution in [2.75, 3.05) is 11.4 Å². The normalized spacial score (nSPS) is 20.5. The molecule has 1 amide bonds. The SMILES string of the molecule is O=C1CC(S(=O)(=O)Cl)CN1c1cc(Br)cnc1Br. The lowest BCUT2D eigenvalue weighted by Gasteiger charge is -2.17. The van der Waals surface area contributed by atoms with Gasteiger partial charge in [0.2, 0.25) is 15.0 Å². The van der Waals surface area contributed by atoms with Crippen LogP contribution in [0.3, 0.4) is 0 Å². The molecule has 0 aromatic carbocycles. The third-order valence-corrected chi connectivity index (χ3v) is 5.48. The van der Waals surface area contributed by atoms with Gasteiger partial charge in [-0.05, 0) is 37.9 Å². The number of pyridine rings is 1. The maximum absolute atomic E-state index is 11.8. The van der Waals surface area contributed by atoms with Gasteiger partial charge >= 0.3 is 0 Å². The van der Waals surface area contributed by atoms with Crippen LogP contribution in [0.5, 0.6) is 0 Å². The van der Waals surface area contributed by atoms with E-state index >= 15 is 0 Å². The van der Waals surface area contributed by atoms with E-state index in [1.165, 1.54) is 4.90 Å². The fourth-order valence-electron chi connectivity index (χ4n) is 1.70. The molecule has 0 radical (unpaired) electrons. The Hall–Kier alpha value is -0.180. The molecule has 5 nitrogen and oxygen atoms in total. The van der Waals surface area contributed by atoms with Crippen molar-refractivity contribution in [3.05, 3.63) is 21.3 Å². The van der Waals surface area contributed by atoms with Crippen LogP contribution in [0.2, 0.25) is 0 Å². The van der Waals surface area contributed by atoms with Gasteiger partial charge in [-0.25, -0.2) is 13.4 Å². The van der Waals surface area contributed by atoms with Crippen molar-refractivity contribution in [1.82, 2.24) is 4.98 Å². The molecule has 0 aliphatic carbocycles. The van der Waals surface area contributed by atoms with Crippen molar-refractivity contribution in [3.8, 4) is 0 Å². The third-order valence-electron chi connectivity index (χ3n) is 2.57. The number of nitrogens with zero attached hydrogens (tertiary/aromatic N) is 2. The Morgan fingerprint density at radius 2 is 2.11 bits per heavy atom. The van der Waals surface area contributed by atoms with Crippen LogP contribution in [0.4, 0.5) is 5.69 Å². The van der Waals surface area contributed by atoms with Crippen LogP contribution in [0.25, 0.3) is 0 Å². The molecule has 0 bridgehead atoms. The number of carbonyl (C=O) groups excluding carboxylic acids is 1. The Balaban J connectivity index is 2.35. The van der Waals surface area contributed by atoms with Crippen molar-refractivity contribution < 1.29 is 13.2 Å². The summed E-state index contributed by atoms with van der Waals surface area (Å²) in [6.45, 7) is 0.0431. The fraction of sp³-hybridized carbons (Fsp3) is 0.333. The smallest absolute Gasteiger partial charge is 0.237 e. The Morgan fingerprint density at radius 1 is 1.44 bits per heavy atom. The highest BCUT2D eigenvalue weighted by atomic mass is 79.9. The molecule has 1 aliphatic heterocycles. The first-order chi connectivity index (χ1) is 8.29. The first kappa shape index (κ1) is 14.2. The summed E-state index contributed by atoms with van der Waals surface area (Å²) in [6, 6.07) is 1.69. The second-order valence-corrected chi connectivity index (χ2v) is 8.34. The molecule has 0 saturated carbocycles. The van der Waals surface area contributed by atoms with Crippen molar-refractivity contribution in [2.45, 2.75) is 11.7 Å². The Morgan fingerprint density at radius 3 is 2.67 bits per heavy atom. The van der Waals surface area contributed by atoms with E-state index in [1.54, 1.807) is 12.3 Å². The summed E-state index contributed by atoms with van der Waals surface area (Å²) in [5, 5.41) is -0.877. The Kier molecular flexibility index (Phi) is 4.01. The zero-order chi connectivity index (χ0) is 13.5. The first-order valence-electron chi connectivity index (χ1n) is 4.84.